The van der Waals surface area contributed by atoms with Crippen molar-refractivity contribution in [3.8, 4) is 0 Å². The molecular weight excluding hydrogens is 366 g/mol. The van der Waals surface area contributed by atoms with Crippen molar-refractivity contribution in [3.63, 3.8) is 0 Å². The Hall–Kier alpha value is -2.84. The summed E-state index contributed by atoms with van der Waals surface area (Å²) in [6, 6.07) is 1.79. The van der Waals surface area contributed by atoms with E-state index in [2.05, 4.69) is 11.6 Å². The molecule has 1 aliphatic rings. The second-order valence-electron chi connectivity index (χ2n) is 6.27. The molecule has 0 aliphatic carbocycles. The highest BCUT2D eigenvalue weighted by Crippen LogP contribution is 2.23. The van der Waals surface area contributed by atoms with Gasteiger partial charge in [0.2, 0.25) is 5.91 Å². The summed E-state index contributed by atoms with van der Waals surface area (Å²) in [5, 5.41) is 0.294. The number of carbonyl (C=O) groups is 2. The van der Waals surface area contributed by atoms with Gasteiger partial charge in [-0.15, -0.1) is 6.58 Å². The topological polar surface area (TPSA) is 56.4 Å². The van der Waals surface area contributed by atoms with Gasteiger partial charge in [0.25, 0.3) is 12.3 Å². The van der Waals surface area contributed by atoms with Crippen molar-refractivity contribution in [2.24, 2.45) is 0 Å². The zero-order chi connectivity index (χ0) is 19.7. The largest absolute Gasteiger partial charge is 0.350 e. The molecule has 0 spiro atoms. The number of rotatable bonds is 4. The first-order valence-electron chi connectivity index (χ1n) is 8.27. The Morgan fingerprint density at radius 1 is 1.22 bits per heavy atom. The number of nitrogens with zero attached hydrogens (tertiary/aromatic N) is 2. The van der Waals surface area contributed by atoms with Crippen LogP contribution in [0.1, 0.15) is 16.9 Å². The summed E-state index contributed by atoms with van der Waals surface area (Å²) in [5.74, 6) is -3.16. The van der Waals surface area contributed by atoms with Crippen LogP contribution in [0.5, 0.6) is 0 Å². The van der Waals surface area contributed by atoms with Gasteiger partial charge in [-0.2, -0.15) is 0 Å². The predicted octanol–water partition coefficient (Wildman–Crippen LogP) is 2.94. The molecule has 2 amide bonds. The van der Waals surface area contributed by atoms with Crippen LogP contribution in [0.3, 0.4) is 0 Å². The summed E-state index contributed by atoms with van der Waals surface area (Å²) in [6.07, 6.45) is -1.54. The molecule has 1 saturated heterocycles. The average molecular weight is 383 g/mol. The molecule has 1 N–H and O–H groups in total. The van der Waals surface area contributed by atoms with Crippen LogP contribution in [0.2, 0.25) is 0 Å². The minimum Gasteiger partial charge on any atom is -0.350 e. The highest BCUT2D eigenvalue weighted by atomic mass is 19.3. The van der Waals surface area contributed by atoms with Gasteiger partial charge in [0.1, 0.15) is 11.7 Å². The number of benzene rings is 1. The van der Waals surface area contributed by atoms with Gasteiger partial charge >= 0.3 is 0 Å². The molecule has 144 valence electrons. The summed E-state index contributed by atoms with van der Waals surface area (Å²) >= 11 is 0. The molecule has 0 saturated carbocycles. The van der Waals surface area contributed by atoms with Crippen molar-refractivity contribution in [3.05, 3.63) is 48.2 Å². The zero-order valence-electron chi connectivity index (χ0n) is 14.2. The number of hydrogen-bond acceptors (Lipinski definition) is 2. The van der Waals surface area contributed by atoms with Crippen LogP contribution in [-0.4, -0.2) is 58.7 Å². The van der Waals surface area contributed by atoms with Crippen molar-refractivity contribution >= 4 is 22.7 Å². The second kappa shape index (κ2) is 7.42. The molecule has 1 aliphatic heterocycles. The number of piperazine rings is 1. The molecule has 0 radical (unpaired) electrons. The number of H-pyrrole nitrogens is 1. The zero-order valence-corrected chi connectivity index (χ0v) is 14.2. The fourth-order valence-corrected chi connectivity index (χ4v) is 3.17. The van der Waals surface area contributed by atoms with Crippen LogP contribution in [-0.2, 0) is 4.79 Å². The van der Waals surface area contributed by atoms with Gasteiger partial charge in [-0.1, -0.05) is 6.08 Å². The van der Waals surface area contributed by atoms with E-state index >= 15 is 0 Å². The lowest BCUT2D eigenvalue weighted by Crippen LogP contribution is -2.59. The van der Waals surface area contributed by atoms with Crippen LogP contribution in [0, 0.1) is 11.6 Å². The Balaban J connectivity index is 1.81. The Kier molecular flexibility index (Phi) is 5.20. The van der Waals surface area contributed by atoms with Crippen molar-refractivity contribution < 1.29 is 27.2 Å². The first kappa shape index (κ1) is 18.9. The van der Waals surface area contributed by atoms with E-state index in [4.69, 9.17) is 0 Å². The van der Waals surface area contributed by atoms with Gasteiger partial charge in [-0.3, -0.25) is 9.59 Å². The molecule has 1 fully saturated rings. The molecule has 1 atom stereocenters. The molecule has 1 aromatic carbocycles. The van der Waals surface area contributed by atoms with Gasteiger partial charge in [-0.25, -0.2) is 17.6 Å². The van der Waals surface area contributed by atoms with E-state index in [1.807, 2.05) is 0 Å². The van der Waals surface area contributed by atoms with Crippen LogP contribution in [0.4, 0.5) is 17.6 Å². The molecule has 5 nitrogen and oxygen atoms in total. The fraction of sp³-hybridized carbons (Fsp3) is 0.333. The highest BCUT2D eigenvalue weighted by Gasteiger charge is 2.37. The normalized spacial score (nSPS) is 17.6. The molecule has 2 heterocycles. The third-order valence-corrected chi connectivity index (χ3v) is 4.53. The summed E-state index contributed by atoms with van der Waals surface area (Å²) in [7, 11) is 0. The molecule has 1 unspecified atom stereocenters. The monoisotopic (exact) mass is 383 g/mol. The number of alkyl halides is 2. The lowest BCUT2D eigenvalue weighted by atomic mass is 10.1. The Morgan fingerprint density at radius 3 is 2.59 bits per heavy atom. The number of aromatic nitrogens is 1. The maximum Gasteiger partial charge on any atom is 0.270 e. The highest BCUT2D eigenvalue weighted by molar-refractivity contribution is 5.98. The molecular formula is C18H17F4N3O2. The van der Waals surface area contributed by atoms with Gasteiger partial charge in [0.15, 0.2) is 11.6 Å². The predicted molar refractivity (Wildman–Crippen MR) is 90.4 cm³/mol. The summed E-state index contributed by atoms with van der Waals surface area (Å²) in [5.41, 5.74) is 0.261. The third-order valence-electron chi connectivity index (χ3n) is 4.53. The maximum atomic E-state index is 13.4. The number of aromatic amines is 1. The van der Waals surface area contributed by atoms with E-state index in [0.29, 0.717) is 5.39 Å². The van der Waals surface area contributed by atoms with Crippen LogP contribution >= 0.6 is 0 Å². The van der Waals surface area contributed by atoms with Crippen molar-refractivity contribution in [2.45, 2.75) is 18.9 Å². The average Bonchev–Trinajstić information content (AvgIpc) is 3.03. The van der Waals surface area contributed by atoms with Crippen molar-refractivity contribution in [1.29, 1.82) is 0 Å². The third kappa shape index (κ3) is 3.67. The smallest absolute Gasteiger partial charge is 0.270 e. The number of nitrogens with one attached hydrogen (secondary N) is 1. The molecule has 1 aromatic heterocycles. The fourth-order valence-electron chi connectivity index (χ4n) is 3.17. The Morgan fingerprint density at radius 2 is 1.93 bits per heavy atom. The van der Waals surface area contributed by atoms with E-state index in [-0.39, 0.29) is 37.3 Å². The molecule has 9 heteroatoms. The van der Waals surface area contributed by atoms with Crippen LogP contribution in [0.25, 0.3) is 10.9 Å². The standard InChI is InChI=1S/C18H17F4N3O2/c1-2-3-16(26)25-5-4-24(9-15(25)17(21)22)18(27)14-7-10-6-11(19)12(20)8-13(10)23-14/h2,6-8,15,17,23H,1,3-5,9H2. The lowest BCUT2D eigenvalue weighted by Gasteiger charge is -2.40. The number of fused-ring (bicyclic) bond motifs is 1. The quantitative estimate of drug-likeness (QED) is 0.652. The summed E-state index contributed by atoms with van der Waals surface area (Å²) in [6.45, 7) is 3.13. The van der Waals surface area contributed by atoms with E-state index in [1.54, 1.807) is 0 Å². The first-order valence-corrected chi connectivity index (χ1v) is 8.27. The number of hydrogen-bond donors (Lipinski definition) is 1. The SMILES string of the molecule is C=CCC(=O)N1CCN(C(=O)c2cc3cc(F)c(F)cc3[nH]2)CC1C(F)F. The molecule has 27 heavy (non-hydrogen) atoms. The van der Waals surface area contributed by atoms with E-state index in [9.17, 15) is 27.2 Å². The van der Waals surface area contributed by atoms with E-state index in [1.165, 1.54) is 17.0 Å². The van der Waals surface area contributed by atoms with Gasteiger partial charge in [0, 0.05) is 43.0 Å². The number of amides is 2. The van der Waals surface area contributed by atoms with Gasteiger partial charge in [-0.05, 0) is 12.1 Å². The molecule has 3 rings (SSSR count). The Labute approximate surface area is 152 Å². The van der Waals surface area contributed by atoms with Crippen LogP contribution < -0.4 is 0 Å². The first-order chi connectivity index (χ1) is 12.8. The van der Waals surface area contributed by atoms with Crippen molar-refractivity contribution in [1.82, 2.24) is 14.8 Å². The lowest BCUT2D eigenvalue weighted by molar-refractivity contribution is -0.139. The number of halogens is 4. The molecule has 2 aromatic rings. The summed E-state index contributed by atoms with van der Waals surface area (Å²) in [4.78, 5) is 29.6. The van der Waals surface area contributed by atoms with E-state index < -0.39 is 35.9 Å². The van der Waals surface area contributed by atoms with Crippen molar-refractivity contribution in [2.75, 3.05) is 19.6 Å². The molecule has 0 bridgehead atoms. The van der Waals surface area contributed by atoms with E-state index in [0.717, 1.165) is 17.0 Å². The number of carbonyl (C=O) groups excluding carboxylic acids is 2. The van der Waals surface area contributed by atoms with Gasteiger partial charge < -0.3 is 14.8 Å². The van der Waals surface area contributed by atoms with Crippen LogP contribution in [0.15, 0.2) is 30.9 Å². The summed E-state index contributed by atoms with van der Waals surface area (Å²) < 4.78 is 53.5. The second-order valence-corrected chi connectivity index (χ2v) is 6.27. The minimum atomic E-state index is -2.82. The Bertz CT molecular complexity index is 857. The van der Waals surface area contributed by atoms with Gasteiger partial charge in [0.05, 0.1) is 0 Å². The minimum absolute atomic E-state index is 0.0308. The maximum absolute atomic E-state index is 13.4.